The van der Waals surface area contributed by atoms with E-state index in [0.717, 1.165) is 33.7 Å². The van der Waals surface area contributed by atoms with Gasteiger partial charge in [-0.05, 0) is 6.07 Å². The van der Waals surface area contributed by atoms with Gasteiger partial charge in [-0.3, -0.25) is 15.8 Å². The molecule has 0 saturated heterocycles. The molecule has 2 N–H and O–H groups in total. The van der Waals surface area contributed by atoms with Crippen LogP contribution in [0.25, 0.3) is 10.9 Å². The third-order valence-corrected chi connectivity index (χ3v) is 3.34. The maximum Gasteiger partial charge on any atom is 0.152 e. The van der Waals surface area contributed by atoms with Gasteiger partial charge >= 0.3 is 0 Å². The number of hydrogen-bond donors (Lipinski definition) is 2. The maximum absolute atomic E-state index is 4.65. The van der Waals surface area contributed by atoms with Crippen molar-refractivity contribution >= 4 is 28.1 Å². The molecule has 0 unspecified atom stereocenters. The van der Waals surface area contributed by atoms with Crippen LogP contribution in [0.3, 0.4) is 0 Å². The number of aliphatic imine (C=N–C) groups is 1. The van der Waals surface area contributed by atoms with E-state index >= 15 is 0 Å². The lowest BCUT2D eigenvalue weighted by Crippen LogP contribution is -2.32. The lowest BCUT2D eigenvalue weighted by atomic mass is 10.1. The Balaban J connectivity index is 1.88. The second kappa shape index (κ2) is 4.35. The Labute approximate surface area is 116 Å². The van der Waals surface area contributed by atoms with Crippen molar-refractivity contribution in [2.75, 3.05) is 5.43 Å². The predicted molar refractivity (Wildman–Crippen MR) is 81.1 cm³/mol. The van der Waals surface area contributed by atoms with Crippen LogP contribution in [-0.4, -0.2) is 10.8 Å². The molecule has 96 valence electrons. The fourth-order valence-corrected chi connectivity index (χ4v) is 2.35. The molecule has 0 bridgehead atoms. The fourth-order valence-electron chi connectivity index (χ4n) is 2.35. The molecule has 0 fully saturated rings. The van der Waals surface area contributed by atoms with Crippen LogP contribution in [0.5, 0.6) is 0 Å². The van der Waals surface area contributed by atoms with Gasteiger partial charge < -0.3 is 0 Å². The third-order valence-electron chi connectivity index (χ3n) is 3.34. The number of anilines is 1. The number of amidine groups is 1. The van der Waals surface area contributed by atoms with Crippen LogP contribution < -0.4 is 10.9 Å². The summed E-state index contributed by atoms with van der Waals surface area (Å²) in [7, 11) is 0. The van der Waals surface area contributed by atoms with Gasteiger partial charge in [0.25, 0.3) is 0 Å². The average molecular weight is 260 g/mol. The van der Waals surface area contributed by atoms with Gasteiger partial charge in [0.15, 0.2) is 5.84 Å². The Kier molecular flexibility index (Phi) is 2.39. The summed E-state index contributed by atoms with van der Waals surface area (Å²) in [6.45, 7) is 0. The fraction of sp³-hybridized carbons (Fsp3) is 0. The second-order valence-electron chi connectivity index (χ2n) is 4.61. The molecule has 2 heterocycles. The Morgan fingerprint density at radius 2 is 1.60 bits per heavy atom. The summed E-state index contributed by atoms with van der Waals surface area (Å²) in [5, 5.41) is 1.06. The van der Waals surface area contributed by atoms with E-state index < -0.39 is 0 Å². The molecule has 1 aromatic heterocycles. The molecule has 2 aromatic carbocycles. The molecule has 4 rings (SSSR count). The van der Waals surface area contributed by atoms with Gasteiger partial charge in [-0.2, -0.15) is 0 Å². The first-order chi connectivity index (χ1) is 9.92. The van der Waals surface area contributed by atoms with Crippen LogP contribution >= 0.6 is 0 Å². The molecule has 0 saturated carbocycles. The molecule has 0 spiro atoms. The van der Waals surface area contributed by atoms with Crippen molar-refractivity contribution in [3.8, 4) is 0 Å². The largest absolute Gasteiger partial charge is 0.297 e. The number of nitrogens with one attached hydrogen (secondary N) is 2. The molecule has 0 radical (unpaired) electrons. The molecule has 3 aromatic rings. The summed E-state index contributed by atoms with van der Waals surface area (Å²) < 4.78 is 0. The van der Waals surface area contributed by atoms with E-state index in [0.29, 0.717) is 0 Å². The zero-order chi connectivity index (χ0) is 13.4. The maximum atomic E-state index is 4.65. The van der Waals surface area contributed by atoms with Gasteiger partial charge in [-0.1, -0.05) is 48.5 Å². The number of pyridine rings is 1. The number of hydrogen-bond acceptors (Lipinski definition) is 4. The molecule has 1 aliphatic heterocycles. The first-order valence-electron chi connectivity index (χ1n) is 6.46. The SMILES string of the molecule is c1ccc(C2=Nc3cnc4ccccc4c3NN2)cc1. The monoisotopic (exact) mass is 260 g/mol. The lowest BCUT2D eigenvalue weighted by Gasteiger charge is -2.20. The summed E-state index contributed by atoms with van der Waals surface area (Å²) >= 11 is 0. The van der Waals surface area contributed by atoms with Crippen LogP contribution in [0.15, 0.2) is 65.8 Å². The Hall–Kier alpha value is -2.88. The molecule has 20 heavy (non-hydrogen) atoms. The molecule has 1 aliphatic rings. The van der Waals surface area contributed by atoms with E-state index in [-0.39, 0.29) is 0 Å². The van der Waals surface area contributed by atoms with Crippen molar-refractivity contribution in [1.82, 2.24) is 10.4 Å². The highest BCUT2D eigenvalue weighted by Gasteiger charge is 2.15. The Morgan fingerprint density at radius 1 is 0.800 bits per heavy atom. The first-order valence-corrected chi connectivity index (χ1v) is 6.46. The van der Waals surface area contributed by atoms with E-state index in [4.69, 9.17) is 0 Å². The van der Waals surface area contributed by atoms with E-state index in [9.17, 15) is 0 Å². The molecule has 0 aliphatic carbocycles. The topological polar surface area (TPSA) is 49.3 Å². The van der Waals surface area contributed by atoms with Gasteiger partial charge in [0, 0.05) is 10.9 Å². The van der Waals surface area contributed by atoms with Crippen molar-refractivity contribution in [1.29, 1.82) is 0 Å². The van der Waals surface area contributed by atoms with E-state index in [1.54, 1.807) is 6.20 Å². The van der Waals surface area contributed by atoms with Crippen molar-refractivity contribution in [2.45, 2.75) is 0 Å². The van der Waals surface area contributed by atoms with Gasteiger partial charge in [-0.15, -0.1) is 0 Å². The standard InChI is InChI=1S/C16H12N4/c1-2-6-11(7-3-1)16-18-14-10-17-13-9-5-4-8-12(13)15(14)19-20-16/h1-10,19H,(H,18,20). The second-order valence-corrected chi connectivity index (χ2v) is 4.61. The Bertz CT molecular complexity index is 809. The number of benzene rings is 2. The normalized spacial score (nSPS) is 13.1. The van der Waals surface area contributed by atoms with Crippen molar-refractivity contribution in [3.05, 3.63) is 66.4 Å². The minimum atomic E-state index is 0.801. The number of hydrazine groups is 1. The van der Waals surface area contributed by atoms with Crippen molar-refractivity contribution in [2.24, 2.45) is 4.99 Å². The molecular formula is C16H12N4. The highest BCUT2D eigenvalue weighted by Crippen LogP contribution is 2.33. The van der Waals surface area contributed by atoms with Crippen LogP contribution in [0.1, 0.15) is 5.56 Å². The number of para-hydroxylation sites is 1. The summed E-state index contributed by atoms with van der Waals surface area (Å²) in [6, 6.07) is 18.0. The summed E-state index contributed by atoms with van der Waals surface area (Å²) in [6.07, 6.45) is 1.80. The van der Waals surface area contributed by atoms with Crippen LogP contribution in [0, 0.1) is 0 Å². The third kappa shape index (κ3) is 1.70. The highest BCUT2D eigenvalue weighted by molar-refractivity contribution is 6.07. The number of aromatic nitrogens is 1. The van der Waals surface area contributed by atoms with Crippen LogP contribution in [-0.2, 0) is 0 Å². The summed E-state index contributed by atoms with van der Waals surface area (Å²) in [5.41, 5.74) is 10.2. The Morgan fingerprint density at radius 3 is 2.50 bits per heavy atom. The van der Waals surface area contributed by atoms with Crippen LogP contribution in [0.4, 0.5) is 11.4 Å². The first kappa shape index (κ1) is 11.0. The minimum absolute atomic E-state index is 0.801. The molecule has 0 atom stereocenters. The van der Waals surface area contributed by atoms with E-state index in [1.807, 2.05) is 54.6 Å². The number of rotatable bonds is 1. The van der Waals surface area contributed by atoms with Gasteiger partial charge in [-0.25, -0.2) is 4.99 Å². The van der Waals surface area contributed by atoms with E-state index in [1.165, 1.54) is 0 Å². The van der Waals surface area contributed by atoms with Crippen molar-refractivity contribution in [3.63, 3.8) is 0 Å². The zero-order valence-electron chi connectivity index (χ0n) is 10.7. The van der Waals surface area contributed by atoms with Gasteiger partial charge in [0.05, 0.1) is 17.4 Å². The van der Waals surface area contributed by atoms with Crippen molar-refractivity contribution < 1.29 is 0 Å². The van der Waals surface area contributed by atoms with E-state index in [2.05, 4.69) is 20.8 Å². The minimum Gasteiger partial charge on any atom is -0.297 e. The molecule has 4 nitrogen and oxygen atoms in total. The molecule has 4 heteroatoms. The molecular weight excluding hydrogens is 248 g/mol. The smallest absolute Gasteiger partial charge is 0.152 e. The average Bonchev–Trinajstić information content (AvgIpc) is 2.55. The number of nitrogens with zero attached hydrogens (tertiary/aromatic N) is 2. The summed E-state index contributed by atoms with van der Waals surface area (Å²) in [5.74, 6) is 0.801. The van der Waals surface area contributed by atoms with Gasteiger partial charge in [0.2, 0.25) is 0 Å². The number of fused-ring (bicyclic) bond motifs is 3. The molecule has 0 amide bonds. The summed E-state index contributed by atoms with van der Waals surface area (Å²) in [4.78, 5) is 9.09. The predicted octanol–water partition coefficient (Wildman–Crippen LogP) is 3.24. The van der Waals surface area contributed by atoms with Gasteiger partial charge in [0.1, 0.15) is 5.69 Å². The quantitative estimate of drug-likeness (QED) is 0.706. The zero-order valence-corrected chi connectivity index (χ0v) is 10.7. The van der Waals surface area contributed by atoms with Crippen LogP contribution in [0.2, 0.25) is 0 Å². The lowest BCUT2D eigenvalue weighted by molar-refractivity contribution is 1.09. The highest BCUT2D eigenvalue weighted by atomic mass is 15.4.